The van der Waals surface area contributed by atoms with Crippen molar-refractivity contribution in [2.24, 2.45) is 0 Å². The van der Waals surface area contributed by atoms with Crippen LogP contribution in [0.15, 0.2) is 72.3 Å². The monoisotopic (exact) mass is 523 g/mol. The quantitative estimate of drug-likeness (QED) is 0.146. The number of aliphatic hydroxyl groups excluding tert-OH is 1. The fourth-order valence-corrected chi connectivity index (χ4v) is 4.55. The molecular formula is C29H27ClFNO5. The maximum absolute atomic E-state index is 15.0. The largest absolute Gasteiger partial charge is 0.507 e. The molecule has 192 valence electrons. The van der Waals surface area contributed by atoms with Gasteiger partial charge in [0.15, 0.2) is 0 Å². The van der Waals surface area contributed by atoms with Crippen LogP contribution in [0.5, 0.6) is 11.5 Å². The molecule has 3 aromatic rings. The maximum Gasteiger partial charge on any atom is 0.300 e. The van der Waals surface area contributed by atoms with Crippen LogP contribution < -0.4 is 14.4 Å². The molecule has 0 aliphatic carbocycles. The molecule has 1 unspecified atom stereocenters. The zero-order chi connectivity index (χ0) is 26.5. The highest BCUT2D eigenvalue weighted by molar-refractivity contribution is 6.51. The Bertz CT molecular complexity index is 1340. The number of ether oxygens (including phenoxy) is 2. The van der Waals surface area contributed by atoms with Crippen molar-refractivity contribution in [3.05, 3.63) is 94.3 Å². The zero-order valence-corrected chi connectivity index (χ0v) is 21.3. The van der Waals surface area contributed by atoms with Crippen LogP contribution in [0.4, 0.5) is 10.1 Å². The van der Waals surface area contributed by atoms with Crippen molar-refractivity contribution in [2.45, 2.75) is 32.2 Å². The number of anilines is 1. The molecule has 3 aromatic carbocycles. The summed E-state index contributed by atoms with van der Waals surface area (Å²) in [5.74, 6) is -1.88. The van der Waals surface area contributed by atoms with Gasteiger partial charge in [-0.3, -0.25) is 14.5 Å². The van der Waals surface area contributed by atoms with Gasteiger partial charge in [-0.05, 0) is 55.0 Å². The van der Waals surface area contributed by atoms with Gasteiger partial charge in [-0.25, -0.2) is 4.39 Å². The van der Waals surface area contributed by atoms with Gasteiger partial charge >= 0.3 is 0 Å². The first-order valence-electron chi connectivity index (χ1n) is 12.0. The van der Waals surface area contributed by atoms with Crippen LogP contribution >= 0.6 is 11.6 Å². The van der Waals surface area contributed by atoms with Crippen molar-refractivity contribution < 1.29 is 28.6 Å². The van der Waals surface area contributed by atoms with Gasteiger partial charge in [0.25, 0.3) is 11.7 Å². The predicted molar refractivity (Wildman–Crippen MR) is 141 cm³/mol. The van der Waals surface area contributed by atoms with Gasteiger partial charge < -0.3 is 14.6 Å². The van der Waals surface area contributed by atoms with Gasteiger partial charge in [0.2, 0.25) is 0 Å². The van der Waals surface area contributed by atoms with Crippen LogP contribution in [0.25, 0.3) is 5.76 Å². The summed E-state index contributed by atoms with van der Waals surface area (Å²) in [5, 5.41) is 11.5. The molecule has 0 radical (unpaired) electrons. The molecule has 1 N–H and O–H groups in total. The molecule has 0 saturated carbocycles. The molecule has 1 fully saturated rings. The highest BCUT2D eigenvalue weighted by Gasteiger charge is 2.48. The number of halogens is 2. The van der Waals surface area contributed by atoms with E-state index in [1.807, 2.05) is 0 Å². The predicted octanol–water partition coefficient (Wildman–Crippen LogP) is 6.68. The van der Waals surface area contributed by atoms with Crippen LogP contribution in [0, 0.1) is 5.82 Å². The second-order valence-corrected chi connectivity index (χ2v) is 9.00. The average Bonchev–Trinajstić information content (AvgIpc) is 3.16. The molecule has 1 amide bonds. The fourth-order valence-electron chi connectivity index (χ4n) is 4.30. The number of hydrogen-bond acceptors (Lipinski definition) is 5. The van der Waals surface area contributed by atoms with E-state index in [1.165, 1.54) is 31.4 Å². The second kappa shape index (κ2) is 11.5. The number of Topliss-reactive ketones (excluding diaryl/α,β-unsaturated/α-hetero) is 1. The third-order valence-electron chi connectivity index (χ3n) is 6.20. The Morgan fingerprint density at radius 1 is 1.05 bits per heavy atom. The fraction of sp³-hybridized carbons (Fsp3) is 0.241. The van der Waals surface area contributed by atoms with Crippen molar-refractivity contribution in [2.75, 3.05) is 18.6 Å². The van der Waals surface area contributed by atoms with Crippen LogP contribution in [0.3, 0.4) is 0 Å². The van der Waals surface area contributed by atoms with Crippen molar-refractivity contribution in [1.29, 1.82) is 0 Å². The number of aliphatic hydroxyl groups is 1. The minimum absolute atomic E-state index is 0.0612. The first-order valence-corrected chi connectivity index (χ1v) is 12.4. The lowest BCUT2D eigenvalue weighted by molar-refractivity contribution is -0.132. The summed E-state index contributed by atoms with van der Waals surface area (Å²) < 4.78 is 25.9. The second-order valence-electron chi connectivity index (χ2n) is 8.59. The molecule has 1 heterocycles. The van der Waals surface area contributed by atoms with E-state index >= 15 is 4.39 Å². The molecule has 8 heteroatoms. The summed E-state index contributed by atoms with van der Waals surface area (Å²) in [4.78, 5) is 27.7. The summed E-state index contributed by atoms with van der Waals surface area (Å²) in [7, 11) is 1.45. The lowest BCUT2D eigenvalue weighted by Gasteiger charge is -2.26. The first kappa shape index (κ1) is 26.2. The van der Waals surface area contributed by atoms with E-state index in [4.69, 9.17) is 21.1 Å². The Kier molecular flexibility index (Phi) is 8.14. The molecule has 1 aliphatic heterocycles. The summed E-state index contributed by atoms with van der Waals surface area (Å²) in [6, 6.07) is 15.7. The molecular weight excluding hydrogens is 497 g/mol. The van der Waals surface area contributed by atoms with Crippen LogP contribution in [-0.4, -0.2) is 30.5 Å². The summed E-state index contributed by atoms with van der Waals surface area (Å²) in [6.07, 6.45) is 3.08. The number of unbranched alkanes of at least 4 members (excludes halogenated alkanes) is 2. The van der Waals surface area contributed by atoms with Gasteiger partial charge in [-0.2, -0.15) is 0 Å². The van der Waals surface area contributed by atoms with Gasteiger partial charge in [-0.15, -0.1) is 0 Å². The molecule has 1 aliphatic rings. The van der Waals surface area contributed by atoms with Gasteiger partial charge in [0.1, 0.15) is 23.1 Å². The van der Waals surface area contributed by atoms with E-state index in [-0.39, 0.29) is 21.8 Å². The molecule has 0 aromatic heterocycles. The van der Waals surface area contributed by atoms with Gasteiger partial charge in [0, 0.05) is 16.8 Å². The highest BCUT2D eigenvalue weighted by atomic mass is 35.5. The summed E-state index contributed by atoms with van der Waals surface area (Å²) >= 11 is 6.29. The van der Waals surface area contributed by atoms with Crippen molar-refractivity contribution in [3.63, 3.8) is 0 Å². The third-order valence-corrected chi connectivity index (χ3v) is 6.50. The molecule has 4 rings (SSSR count). The molecule has 1 saturated heterocycles. The minimum Gasteiger partial charge on any atom is -0.507 e. The Morgan fingerprint density at radius 3 is 2.43 bits per heavy atom. The number of hydrogen-bond donors (Lipinski definition) is 1. The summed E-state index contributed by atoms with van der Waals surface area (Å²) in [6.45, 7) is 2.68. The van der Waals surface area contributed by atoms with E-state index in [0.717, 1.165) is 24.2 Å². The average molecular weight is 524 g/mol. The molecule has 37 heavy (non-hydrogen) atoms. The molecule has 0 bridgehead atoms. The normalized spacial score (nSPS) is 16.8. The Hall–Kier alpha value is -3.84. The minimum atomic E-state index is -1.21. The zero-order valence-electron chi connectivity index (χ0n) is 20.5. The Balaban J connectivity index is 1.78. The molecule has 1 atom stereocenters. The number of nitrogens with zero attached hydrogens (tertiary/aromatic N) is 1. The number of carbonyl (C=O) groups is 2. The van der Waals surface area contributed by atoms with Gasteiger partial charge in [0.05, 0.1) is 30.4 Å². The van der Waals surface area contributed by atoms with E-state index in [2.05, 4.69) is 6.92 Å². The first-order chi connectivity index (χ1) is 17.9. The third kappa shape index (κ3) is 5.32. The van der Waals surface area contributed by atoms with Crippen LogP contribution in [0.1, 0.15) is 43.4 Å². The van der Waals surface area contributed by atoms with Crippen LogP contribution in [0.2, 0.25) is 5.02 Å². The lowest BCUT2D eigenvalue weighted by atomic mass is 9.94. The number of ketones is 1. The Labute approximate surface area is 219 Å². The number of methoxy groups -OCH3 is 1. The number of amides is 1. The number of carbonyl (C=O) groups excluding carboxylic acids is 2. The number of rotatable bonds is 9. The maximum atomic E-state index is 15.0. The summed E-state index contributed by atoms with van der Waals surface area (Å²) in [5.41, 5.74) is 0.397. The van der Waals surface area contributed by atoms with E-state index in [1.54, 1.807) is 42.5 Å². The standard InChI is InChI=1S/C29H27ClFNO5/c1-3-4-7-16-37-20-13-10-18(11-14-20)27(33)25-26(21-8-5-6-9-23(21)31)32(29(35)28(25)34)19-12-15-24(36-2)22(30)17-19/h5-6,8-15,17,26,33H,3-4,7,16H2,1-2H3/b27-25+. The lowest BCUT2D eigenvalue weighted by Crippen LogP contribution is -2.29. The molecule has 0 spiro atoms. The van der Waals surface area contributed by atoms with Crippen molar-refractivity contribution >= 4 is 34.7 Å². The van der Waals surface area contributed by atoms with E-state index in [9.17, 15) is 14.7 Å². The van der Waals surface area contributed by atoms with E-state index < -0.39 is 29.3 Å². The van der Waals surface area contributed by atoms with Crippen LogP contribution in [-0.2, 0) is 9.59 Å². The van der Waals surface area contributed by atoms with Crippen molar-refractivity contribution in [3.8, 4) is 11.5 Å². The molecule has 6 nitrogen and oxygen atoms in total. The topological polar surface area (TPSA) is 76.1 Å². The van der Waals surface area contributed by atoms with Gasteiger partial charge in [-0.1, -0.05) is 49.6 Å². The smallest absolute Gasteiger partial charge is 0.300 e. The Morgan fingerprint density at radius 2 is 1.78 bits per heavy atom. The number of benzene rings is 3. The van der Waals surface area contributed by atoms with E-state index in [0.29, 0.717) is 23.7 Å². The van der Waals surface area contributed by atoms with Crippen molar-refractivity contribution in [1.82, 2.24) is 0 Å². The highest BCUT2D eigenvalue weighted by Crippen LogP contribution is 2.44. The SMILES string of the molecule is CCCCCOc1ccc(/C(O)=C2\C(=O)C(=O)N(c3ccc(OC)c(Cl)c3)C2c2ccccc2F)cc1.